The van der Waals surface area contributed by atoms with Crippen LogP contribution in [-0.2, 0) is 19.5 Å². The highest BCUT2D eigenvalue weighted by molar-refractivity contribution is 5.69. The number of aryl methyl sites for hydroxylation is 2. The average Bonchev–Trinajstić information content (AvgIpc) is 3.18. The molecule has 2 aromatic carbocycles. The molecule has 0 bridgehead atoms. The summed E-state index contributed by atoms with van der Waals surface area (Å²) in [7, 11) is 0. The van der Waals surface area contributed by atoms with Gasteiger partial charge in [-0.15, -0.1) is 0 Å². The van der Waals surface area contributed by atoms with E-state index in [1.807, 2.05) is 54.7 Å². The summed E-state index contributed by atoms with van der Waals surface area (Å²) in [6.45, 7) is 2.83. The fraction of sp³-hybridized carbons (Fsp3) is 0.269. The molecule has 0 unspecified atom stereocenters. The molecule has 1 saturated heterocycles. The Morgan fingerprint density at radius 1 is 0.933 bits per heavy atom. The first-order valence-corrected chi connectivity index (χ1v) is 10.5. The Morgan fingerprint density at radius 3 is 2.37 bits per heavy atom. The van der Waals surface area contributed by atoms with Gasteiger partial charge in [0.15, 0.2) is 0 Å². The van der Waals surface area contributed by atoms with Crippen LogP contribution in [0.3, 0.4) is 0 Å². The van der Waals surface area contributed by atoms with E-state index in [1.54, 1.807) is 10.6 Å². The SMILES string of the molecule is O=c1cc(/C=C/c2ccccc2)ccn1CCc1ccc(CN2CC[C@H](F)C2)cc1. The minimum absolute atomic E-state index is 0.0108. The first kappa shape index (κ1) is 20.3. The van der Waals surface area contributed by atoms with Crippen LogP contribution < -0.4 is 5.56 Å². The smallest absolute Gasteiger partial charge is 0.251 e. The summed E-state index contributed by atoms with van der Waals surface area (Å²) in [4.78, 5) is 14.6. The number of benzene rings is 2. The van der Waals surface area contributed by atoms with Crippen molar-refractivity contribution < 1.29 is 4.39 Å². The minimum Gasteiger partial charge on any atom is -0.315 e. The largest absolute Gasteiger partial charge is 0.315 e. The maximum atomic E-state index is 13.3. The van der Waals surface area contributed by atoms with E-state index in [0.29, 0.717) is 19.5 Å². The standard InChI is InChI=1S/C26H27FN2O/c27-25-14-15-28(20-25)19-24-10-7-22(8-11-24)12-16-29-17-13-23(18-26(29)30)9-6-21-4-2-1-3-5-21/h1-11,13,17-18,25H,12,14-16,19-20H2/b9-6+/t25-/m0/s1. The second-order valence-corrected chi connectivity index (χ2v) is 7.92. The second kappa shape index (κ2) is 9.68. The van der Waals surface area contributed by atoms with Crippen LogP contribution in [0.15, 0.2) is 77.7 Å². The maximum Gasteiger partial charge on any atom is 0.251 e. The van der Waals surface area contributed by atoms with Crippen LogP contribution in [0.1, 0.15) is 28.7 Å². The molecule has 1 fully saturated rings. The van der Waals surface area contributed by atoms with Crippen molar-refractivity contribution in [3.05, 3.63) is 106 Å². The van der Waals surface area contributed by atoms with E-state index < -0.39 is 6.17 Å². The first-order valence-electron chi connectivity index (χ1n) is 10.5. The molecule has 2 heterocycles. The molecule has 3 nitrogen and oxygen atoms in total. The van der Waals surface area contributed by atoms with E-state index in [2.05, 4.69) is 29.2 Å². The molecule has 154 valence electrons. The van der Waals surface area contributed by atoms with Crippen LogP contribution >= 0.6 is 0 Å². The van der Waals surface area contributed by atoms with E-state index in [0.717, 1.165) is 30.6 Å². The highest BCUT2D eigenvalue weighted by Gasteiger charge is 2.21. The minimum atomic E-state index is -0.678. The molecule has 4 heteroatoms. The molecule has 1 atom stereocenters. The molecule has 0 amide bonds. The summed E-state index contributed by atoms with van der Waals surface area (Å²) in [6.07, 6.45) is 6.61. The van der Waals surface area contributed by atoms with Gasteiger partial charge >= 0.3 is 0 Å². The third-order valence-corrected chi connectivity index (χ3v) is 5.57. The van der Waals surface area contributed by atoms with Gasteiger partial charge in [-0.1, -0.05) is 66.7 Å². The number of pyridine rings is 1. The lowest BCUT2D eigenvalue weighted by atomic mass is 10.1. The molecule has 0 saturated carbocycles. The lowest BCUT2D eigenvalue weighted by Crippen LogP contribution is -2.20. The number of hydrogen-bond donors (Lipinski definition) is 0. The lowest BCUT2D eigenvalue weighted by molar-refractivity contribution is 0.282. The van der Waals surface area contributed by atoms with E-state index >= 15 is 0 Å². The Kier molecular flexibility index (Phi) is 6.55. The predicted octanol–water partition coefficient (Wildman–Crippen LogP) is 4.81. The normalized spacial score (nSPS) is 17.0. The molecule has 1 aromatic heterocycles. The number of hydrogen-bond acceptors (Lipinski definition) is 2. The average molecular weight is 403 g/mol. The number of likely N-dealkylation sites (tertiary alicyclic amines) is 1. The van der Waals surface area contributed by atoms with Gasteiger partial charge in [0.05, 0.1) is 0 Å². The third-order valence-electron chi connectivity index (χ3n) is 5.57. The second-order valence-electron chi connectivity index (χ2n) is 7.92. The summed E-state index contributed by atoms with van der Waals surface area (Å²) in [5.74, 6) is 0. The van der Waals surface area contributed by atoms with Crippen LogP contribution in [-0.4, -0.2) is 28.7 Å². The predicted molar refractivity (Wildman–Crippen MR) is 121 cm³/mol. The lowest BCUT2D eigenvalue weighted by Gasteiger charge is -2.14. The summed E-state index contributed by atoms with van der Waals surface area (Å²) < 4.78 is 15.1. The molecule has 1 aliphatic rings. The Morgan fingerprint density at radius 2 is 1.67 bits per heavy atom. The van der Waals surface area contributed by atoms with Crippen molar-refractivity contribution in [3.8, 4) is 0 Å². The highest BCUT2D eigenvalue weighted by atomic mass is 19.1. The maximum absolute atomic E-state index is 13.3. The number of alkyl halides is 1. The number of rotatable bonds is 7. The Bertz CT molecular complexity index is 1040. The number of nitrogens with zero attached hydrogens (tertiary/aromatic N) is 2. The van der Waals surface area contributed by atoms with Gasteiger partial charge in [-0.3, -0.25) is 9.69 Å². The van der Waals surface area contributed by atoms with Crippen molar-refractivity contribution in [1.29, 1.82) is 0 Å². The van der Waals surface area contributed by atoms with E-state index in [1.165, 1.54) is 11.1 Å². The monoisotopic (exact) mass is 402 g/mol. The van der Waals surface area contributed by atoms with Crippen molar-refractivity contribution in [2.45, 2.75) is 32.1 Å². The van der Waals surface area contributed by atoms with Gasteiger partial charge in [-0.25, -0.2) is 4.39 Å². The summed E-state index contributed by atoms with van der Waals surface area (Å²) >= 11 is 0. The molecule has 0 N–H and O–H groups in total. The zero-order valence-corrected chi connectivity index (χ0v) is 17.1. The van der Waals surface area contributed by atoms with Gasteiger partial charge in [0.2, 0.25) is 0 Å². The van der Waals surface area contributed by atoms with Gasteiger partial charge in [-0.2, -0.15) is 0 Å². The van der Waals surface area contributed by atoms with Gasteiger partial charge in [0.25, 0.3) is 5.56 Å². The third kappa shape index (κ3) is 5.55. The van der Waals surface area contributed by atoms with Gasteiger partial charge < -0.3 is 4.57 Å². The Hall–Kier alpha value is -2.98. The van der Waals surface area contributed by atoms with Crippen LogP contribution in [0, 0.1) is 0 Å². The summed E-state index contributed by atoms with van der Waals surface area (Å²) in [6, 6.07) is 22.1. The molecule has 0 radical (unpaired) electrons. The van der Waals surface area contributed by atoms with E-state index in [4.69, 9.17) is 0 Å². The van der Waals surface area contributed by atoms with Gasteiger partial charge in [0, 0.05) is 38.4 Å². The molecular formula is C26H27FN2O. The van der Waals surface area contributed by atoms with Crippen molar-refractivity contribution in [2.24, 2.45) is 0 Å². The van der Waals surface area contributed by atoms with Crippen LogP contribution in [0.4, 0.5) is 4.39 Å². The van der Waals surface area contributed by atoms with Crippen molar-refractivity contribution >= 4 is 12.2 Å². The molecular weight excluding hydrogens is 375 g/mol. The zero-order chi connectivity index (χ0) is 20.8. The molecule has 0 spiro atoms. The number of aromatic nitrogens is 1. The summed E-state index contributed by atoms with van der Waals surface area (Å²) in [5, 5.41) is 0. The Labute approximate surface area is 177 Å². The zero-order valence-electron chi connectivity index (χ0n) is 17.1. The summed E-state index contributed by atoms with van der Waals surface area (Å²) in [5.41, 5.74) is 4.43. The molecule has 3 aromatic rings. The molecule has 4 rings (SSSR count). The van der Waals surface area contributed by atoms with E-state index in [9.17, 15) is 9.18 Å². The number of halogens is 1. The van der Waals surface area contributed by atoms with Gasteiger partial charge in [-0.05, 0) is 41.2 Å². The Balaban J connectivity index is 1.32. The highest BCUT2D eigenvalue weighted by Crippen LogP contribution is 2.16. The van der Waals surface area contributed by atoms with Crippen LogP contribution in [0.5, 0.6) is 0 Å². The molecule has 0 aliphatic carbocycles. The van der Waals surface area contributed by atoms with Crippen LogP contribution in [0.25, 0.3) is 12.2 Å². The van der Waals surface area contributed by atoms with E-state index in [-0.39, 0.29) is 5.56 Å². The topological polar surface area (TPSA) is 25.2 Å². The first-order chi connectivity index (χ1) is 14.7. The molecule has 1 aliphatic heterocycles. The van der Waals surface area contributed by atoms with Crippen molar-refractivity contribution in [2.75, 3.05) is 13.1 Å². The van der Waals surface area contributed by atoms with Crippen LogP contribution in [0.2, 0.25) is 0 Å². The van der Waals surface area contributed by atoms with Crippen molar-refractivity contribution in [3.63, 3.8) is 0 Å². The quantitative estimate of drug-likeness (QED) is 0.567. The molecule has 30 heavy (non-hydrogen) atoms. The van der Waals surface area contributed by atoms with Crippen molar-refractivity contribution in [1.82, 2.24) is 9.47 Å². The van der Waals surface area contributed by atoms with Gasteiger partial charge in [0.1, 0.15) is 6.17 Å². The fourth-order valence-electron chi connectivity index (χ4n) is 3.82. The fourth-order valence-corrected chi connectivity index (χ4v) is 3.82.